The van der Waals surface area contributed by atoms with E-state index in [0.29, 0.717) is 0 Å². The predicted octanol–water partition coefficient (Wildman–Crippen LogP) is 2.24. The summed E-state index contributed by atoms with van der Waals surface area (Å²) in [6.45, 7) is 0.197. The first-order chi connectivity index (χ1) is 9.49. The Bertz CT molecular complexity index is 712. The summed E-state index contributed by atoms with van der Waals surface area (Å²) in [4.78, 5) is 11.2. The molecule has 1 N–H and O–H groups in total. The van der Waals surface area contributed by atoms with Gasteiger partial charge in [-0.25, -0.2) is 13.1 Å². The van der Waals surface area contributed by atoms with Gasteiger partial charge in [0.1, 0.15) is 0 Å². The number of carbonyl (C=O) groups excluding carboxylic acids is 1. The smallest absolute Gasteiger partial charge is 0.240 e. The minimum absolute atomic E-state index is 0.0494. The molecule has 2 rings (SSSR count). The normalized spacial score (nSPS) is 11.2. The van der Waals surface area contributed by atoms with Gasteiger partial charge >= 0.3 is 0 Å². The highest BCUT2D eigenvalue weighted by Crippen LogP contribution is 2.13. The Kier molecular flexibility index (Phi) is 4.59. The van der Waals surface area contributed by atoms with Gasteiger partial charge < -0.3 is 0 Å². The van der Waals surface area contributed by atoms with Gasteiger partial charge in [-0.15, -0.1) is 12.6 Å². The van der Waals surface area contributed by atoms with E-state index in [1.54, 1.807) is 0 Å². The van der Waals surface area contributed by atoms with Crippen LogP contribution >= 0.6 is 12.6 Å². The summed E-state index contributed by atoms with van der Waals surface area (Å²) in [5.74, 6) is 0. The van der Waals surface area contributed by atoms with Crippen LogP contribution < -0.4 is 4.72 Å². The number of hydrogen-bond donors (Lipinski definition) is 2. The summed E-state index contributed by atoms with van der Waals surface area (Å²) in [7, 11) is -3.65. The largest absolute Gasteiger partial charge is 0.282 e. The van der Waals surface area contributed by atoms with Gasteiger partial charge in [-0.2, -0.15) is 0 Å². The molecule has 0 bridgehead atoms. The second-order valence-electron chi connectivity index (χ2n) is 4.14. The maximum atomic E-state index is 12.1. The van der Waals surface area contributed by atoms with Crippen molar-refractivity contribution in [1.82, 2.24) is 4.72 Å². The molecule has 0 amide bonds. The molecule has 2 aromatic rings. The molecule has 104 valence electrons. The number of benzene rings is 2. The third-order valence-corrected chi connectivity index (χ3v) is 4.36. The summed E-state index contributed by atoms with van der Waals surface area (Å²) in [5.41, 5.74) is 1.11. The molecule has 0 atom stereocenters. The lowest BCUT2D eigenvalue weighted by atomic mass is 10.2. The Morgan fingerprint density at radius 2 is 1.75 bits per heavy atom. The molecule has 0 radical (unpaired) electrons. The quantitative estimate of drug-likeness (QED) is 0.833. The van der Waals surface area contributed by atoms with Crippen LogP contribution in [0, 0.1) is 0 Å². The first kappa shape index (κ1) is 14.8. The molecule has 6 heteroatoms. The van der Waals surface area contributed by atoms with Crippen LogP contribution in [0.2, 0.25) is 0 Å². The topological polar surface area (TPSA) is 63.2 Å². The van der Waals surface area contributed by atoms with Crippen LogP contribution in [-0.2, 0) is 16.6 Å². The number of rotatable bonds is 5. The standard InChI is InChI=1S/C14H13NO3S2/c16-14(19)12-7-4-8-13(9-12)20(17,18)15-10-11-5-2-1-3-6-11/h1-9,15H,10H2,(H,16,19). The van der Waals surface area contributed by atoms with Gasteiger partial charge in [-0.1, -0.05) is 42.5 Å². The third-order valence-electron chi connectivity index (χ3n) is 2.70. The van der Waals surface area contributed by atoms with Crippen LogP contribution in [0.15, 0.2) is 59.5 Å². The van der Waals surface area contributed by atoms with Gasteiger partial charge in [0.25, 0.3) is 0 Å². The van der Waals surface area contributed by atoms with Crippen molar-refractivity contribution in [1.29, 1.82) is 0 Å². The lowest BCUT2D eigenvalue weighted by Crippen LogP contribution is -2.23. The van der Waals surface area contributed by atoms with E-state index < -0.39 is 15.1 Å². The van der Waals surface area contributed by atoms with Gasteiger partial charge in [0.15, 0.2) is 0 Å². The Morgan fingerprint density at radius 3 is 2.40 bits per heavy atom. The Labute approximate surface area is 123 Å². The van der Waals surface area contributed by atoms with Gasteiger partial charge in [-0.3, -0.25) is 4.79 Å². The minimum atomic E-state index is -3.65. The summed E-state index contributed by atoms with van der Waals surface area (Å²) in [6, 6.07) is 15.0. The highest BCUT2D eigenvalue weighted by Gasteiger charge is 2.15. The fraction of sp³-hybridized carbons (Fsp3) is 0.0714. The first-order valence-electron chi connectivity index (χ1n) is 5.86. The van der Waals surface area contributed by atoms with Crippen LogP contribution in [0.4, 0.5) is 0 Å². The van der Waals surface area contributed by atoms with Crippen LogP contribution in [0.5, 0.6) is 0 Å². The van der Waals surface area contributed by atoms with E-state index in [9.17, 15) is 13.2 Å². The molecular weight excluding hydrogens is 294 g/mol. The molecule has 0 aliphatic rings. The van der Waals surface area contributed by atoms with E-state index in [4.69, 9.17) is 0 Å². The van der Waals surface area contributed by atoms with Crippen molar-refractivity contribution in [3.8, 4) is 0 Å². The van der Waals surface area contributed by atoms with Gasteiger partial charge in [-0.05, 0) is 17.7 Å². The molecule has 0 saturated heterocycles. The van der Waals surface area contributed by atoms with E-state index in [2.05, 4.69) is 17.4 Å². The molecule has 0 spiro atoms. The van der Waals surface area contributed by atoms with Crippen molar-refractivity contribution in [2.45, 2.75) is 11.4 Å². The lowest BCUT2D eigenvalue weighted by molar-refractivity contribution is 0.109. The summed E-state index contributed by atoms with van der Waals surface area (Å²) >= 11 is 3.69. The average molecular weight is 307 g/mol. The number of hydrogen-bond acceptors (Lipinski definition) is 3. The average Bonchev–Trinajstić information content (AvgIpc) is 2.46. The Hall–Kier alpha value is -1.63. The van der Waals surface area contributed by atoms with Crippen LogP contribution in [0.3, 0.4) is 0 Å². The molecule has 0 aliphatic carbocycles. The van der Waals surface area contributed by atoms with Crippen molar-refractivity contribution >= 4 is 27.8 Å². The monoisotopic (exact) mass is 307 g/mol. The molecule has 2 aromatic carbocycles. The zero-order chi connectivity index (χ0) is 14.6. The maximum absolute atomic E-state index is 12.1. The zero-order valence-electron chi connectivity index (χ0n) is 10.5. The molecule has 0 unspecified atom stereocenters. The molecular formula is C14H13NO3S2. The van der Waals surface area contributed by atoms with Crippen molar-refractivity contribution < 1.29 is 13.2 Å². The SMILES string of the molecule is O=C(S)c1cccc(S(=O)(=O)NCc2ccccc2)c1. The Balaban J connectivity index is 2.18. The van der Waals surface area contributed by atoms with Crippen molar-refractivity contribution in [3.05, 3.63) is 65.7 Å². The van der Waals surface area contributed by atoms with E-state index >= 15 is 0 Å². The van der Waals surface area contributed by atoms with E-state index in [1.165, 1.54) is 24.3 Å². The number of sulfonamides is 1. The highest BCUT2D eigenvalue weighted by atomic mass is 32.2. The number of nitrogens with one attached hydrogen (secondary N) is 1. The summed E-state index contributed by atoms with van der Waals surface area (Å²) in [6.07, 6.45) is 0. The second kappa shape index (κ2) is 6.21. The number of carbonyl (C=O) groups is 1. The van der Waals surface area contributed by atoms with Gasteiger partial charge in [0.05, 0.1) is 4.90 Å². The molecule has 0 aromatic heterocycles. The minimum Gasteiger partial charge on any atom is -0.282 e. The summed E-state index contributed by atoms with van der Waals surface area (Å²) < 4.78 is 26.8. The van der Waals surface area contributed by atoms with Crippen molar-refractivity contribution in [2.75, 3.05) is 0 Å². The summed E-state index contributed by atoms with van der Waals surface area (Å²) in [5, 5.41) is -0.467. The van der Waals surface area contributed by atoms with E-state index in [-0.39, 0.29) is 17.0 Å². The van der Waals surface area contributed by atoms with E-state index in [0.717, 1.165) is 5.56 Å². The van der Waals surface area contributed by atoms with Crippen LogP contribution in [-0.4, -0.2) is 13.5 Å². The van der Waals surface area contributed by atoms with Crippen LogP contribution in [0.1, 0.15) is 15.9 Å². The molecule has 0 heterocycles. The zero-order valence-corrected chi connectivity index (χ0v) is 12.2. The molecule has 0 aliphatic heterocycles. The maximum Gasteiger partial charge on any atom is 0.240 e. The fourth-order valence-electron chi connectivity index (χ4n) is 1.65. The van der Waals surface area contributed by atoms with Crippen molar-refractivity contribution in [2.24, 2.45) is 0 Å². The lowest BCUT2D eigenvalue weighted by Gasteiger charge is -2.07. The second-order valence-corrected chi connectivity index (χ2v) is 6.32. The fourth-order valence-corrected chi connectivity index (χ4v) is 2.86. The van der Waals surface area contributed by atoms with Gasteiger partial charge in [0.2, 0.25) is 15.1 Å². The molecule has 20 heavy (non-hydrogen) atoms. The highest BCUT2D eigenvalue weighted by molar-refractivity contribution is 7.97. The predicted molar refractivity (Wildman–Crippen MR) is 80.2 cm³/mol. The first-order valence-corrected chi connectivity index (χ1v) is 7.79. The third kappa shape index (κ3) is 3.69. The molecule has 0 fully saturated rings. The van der Waals surface area contributed by atoms with E-state index in [1.807, 2.05) is 30.3 Å². The van der Waals surface area contributed by atoms with Crippen LogP contribution in [0.25, 0.3) is 0 Å². The number of thiol groups is 1. The molecule has 0 saturated carbocycles. The van der Waals surface area contributed by atoms with Gasteiger partial charge in [0, 0.05) is 12.1 Å². The molecule has 4 nitrogen and oxygen atoms in total. The Morgan fingerprint density at radius 1 is 1.05 bits per heavy atom. The van der Waals surface area contributed by atoms with Crippen molar-refractivity contribution in [3.63, 3.8) is 0 Å².